The SMILES string of the molecule is CCC(COC)NC(CC(=O)O)c1cccs1. The lowest BCUT2D eigenvalue weighted by molar-refractivity contribution is -0.137. The van der Waals surface area contributed by atoms with E-state index in [9.17, 15) is 4.79 Å². The quantitative estimate of drug-likeness (QED) is 0.750. The van der Waals surface area contributed by atoms with Gasteiger partial charge >= 0.3 is 5.97 Å². The molecule has 0 aliphatic rings. The van der Waals surface area contributed by atoms with Gasteiger partial charge in [0.05, 0.1) is 19.1 Å². The molecule has 0 saturated carbocycles. The van der Waals surface area contributed by atoms with Crippen LogP contribution in [0.25, 0.3) is 0 Å². The summed E-state index contributed by atoms with van der Waals surface area (Å²) in [6.07, 6.45) is 1.01. The van der Waals surface area contributed by atoms with Gasteiger partial charge in [-0.1, -0.05) is 13.0 Å². The van der Waals surface area contributed by atoms with E-state index in [1.807, 2.05) is 17.5 Å². The fraction of sp³-hybridized carbons (Fsp3) is 0.583. The number of carbonyl (C=O) groups is 1. The number of hydrogen-bond donors (Lipinski definition) is 2. The second-order valence-electron chi connectivity index (χ2n) is 3.89. The van der Waals surface area contributed by atoms with Crippen LogP contribution in [-0.2, 0) is 9.53 Å². The third-order valence-electron chi connectivity index (χ3n) is 2.56. The molecule has 0 aliphatic heterocycles. The Morgan fingerprint density at radius 3 is 2.88 bits per heavy atom. The zero-order valence-electron chi connectivity index (χ0n) is 10.2. The molecular formula is C12H19NO3S. The van der Waals surface area contributed by atoms with Crippen molar-refractivity contribution in [3.8, 4) is 0 Å². The number of carboxylic acid groups (broad SMARTS) is 1. The summed E-state index contributed by atoms with van der Waals surface area (Å²) in [5.74, 6) is -0.789. The first kappa shape index (κ1) is 14.2. The Kier molecular flexibility index (Phi) is 6.18. The van der Waals surface area contributed by atoms with E-state index in [1.165, 1.54) is 0 Å². The summed E-state index contributed by atoms with van der Waals surface area (Å²) in [4.78, 5) is 11.9. The van der Waals surface area contributed by atoms with Crippen molar-refractivity contribution >= 4 is 17.3 Å². The second kappa shape index (κ2) is 7.42. The Labute approximate surface area is 106 Å². The minimum Gasteiger partial charge on any atom is -0.481 e. The van der Waals surface area contributed by atoms with E-state index in [4.69, 9.17) is 9.84 Å². The Balaban J connectivity index is 2.66. The van der Waals surface area contributed by atoms with Crippen LogP contribution >= 0.6 is 11.3 Å². The maximum absolute atomic E-state index is 10.9. The van der Waals surface area contributed by atoms with Crippen molar-refractivity contribution in [1.29, 1.82) is 0 Å². The monoisotopic (exact) mass is 257 g/mol. The average Bonchev–Trinajstić information content (AvgIpc) is 2.80. The average molecular weight is 257 g/mol. The number of nitrogens with one attached hydrogen (secondary N) is 1. The number of ether oxygens (including phenoxy) is 1. The van der Waals surface area contributed by atoms with E-state index >= 15 is 0 Å². The van der Waals surface area contributed by atoms with E-state index in [0.29, 0.717) is 6.61 Å². The number of thiophene rings is 1. The van der Waals surface area contributed by atoms with Crippen LogP contribution in [-0.4, -0.2) is 30.8 Å². The number of aliphatic carboxylic acids is 1. The molecule has 0 radical (unpaired) electrons. The van der Waals surface area contributed by atoms with Gasteiger partial charge in [-0.05, 0) is 17.9 Å². The van der Waals surface area contributed by atoms with Gasteiger partial charge < -0.3 is 15.2 Å². The standard InChI is InChI=1S/C12H19NO3S/c1-3-9(8-16-2)13-10(7-12(14)15)11-5-4-6-17-11/h4-6,9-10,13H,3,7-8H2,1-2H3,(H,14,15). The highest BCUT2D eigenvalue weighted by Crippen LogP contribution is 2.23. The molecule has 2 N–H and O–H groups in total. The van der Waals surface area contributed by atoms with Crippen molar-refractivity contribution in [2.24, 2.45) is 0 Å². The van der Waals surface area contributed by atoms with E-state index in [0.717, 1.165) is 11.3 Å². The van der Waals surface area contributed by atoms with Gasteiger partial charge in [0.15, 0.2) is 0 Å². The Hall–Kier alpha value is -0.910. The predicted octanol–water partition coefficient (Wildman–Crippen LogP) is 2.28. The molecular weight excluding hydrogens is 238 g/mol. The van der Waals surface area contributed by atoms with Crippen molar-refractivity contribution in [2.75, 3.05) is 13.7 Å². The van der Waals surface area contributed by atoms with Gasteiger partial charge in [0.1, 0.15) is 0 Å². The number of carboxylic acids is 1. The van der Waals surface area contributed by atoms with Gasteiger partial charge in [-0.2, -0.15) is 0 Å². The molecule has 0 aromatic carbocycles. The molecule has 1 rings (SSSR count). The summed E-state index contributed by atoms with van der Waals surface area (Å²) >= 11 is 1.58. The minimum atomic E-state index is -0.789. The molecule has 0 amide bonds. The van der Waals surface area contributed by atoms with Crippen molar-refractivity contribution in [3.63, 3.8) is 0 Å². The van der Waals surface area contributed by atoms with Crippen LogP contribution in [0.15, 0.2) is 17.5 Å². The zero-order valence-corrected chi connectivity index (χ0v) is 11.0. The highest BCUT2D eigenvalue weighted by Gasteiger charge is 2.19. The van der Waals surface area contributed by atoms with Crippen LogP contribution < -0.4 is 5.32 Å². The molecule has 0 saturated heterocycles. The van der Waals surface area contributed by atoms with Crippen LogP contribution in [0.1, 0.15) is 30.7 Å². The van der Waals surface area contributed by atoms with Crippen molar-refractivity contribution in [2.45, 2.75) is 31.8 Å². The summed E-state index contributed by atoms with van der Waals surface area (Å²) in [6.45, 7) is 2.65. The molecule has 17 heavy (non-hydrogen) atoms. The van der Waals surface area contributed by atoms with Crippen LogP contribution in [0.2, 0.25) is 0 Å². The number of rotatable bonds is 8. The molecule has 0 spiro atoms. The van der Waals surface area contributed by atoms with E-state index < -0.39 is 5.97 Å². The fourth-order valence-corrected chi connectivity index (χ4v) is 2.46. The molecule has 4 nitrogen and oxygen atoms in total. The smallest absolute Gasteiger partial charge is 0.305 e. The zero-order chi connectivity index (χ0) is 12.7. The summed E-state index contributed by atoms with van der Waals surface area (Å²) < 4.78 is 5.11. The van der Waals surface area contributed by atoms with Gasteiger partial charge in [0.2, 0.25) is 0 Å². The lowest BCUT2D eigenvalue weighted by Crippen LogP contribution is -2.36. The molecule has 2 atom stereocenters. The van der Waals surface area contributed by atoms with Crippen molar-refractivity contribution in [3.05, 3.63) is 22.4 Å². The maximum Gasteiger partial charge on any atom is 0.305 e. The molecule has 1 aromatic rings. The van der Waals surface area contributed by atoms with Gasteiger partial charge in [-0.15, -0.1) is 11.3 Å². The molecule has 0 aliphatic carbocycles. The van der Waals surface area contributed by atoms with Gasteiger partial charge in [0, 0.05) is 18.0 Å². The number of methoxy groups -OCH3 is 1. The summed E-state index contributed by atoms with van der Waals surface area (Å²) in [7, 11) is 1.65. The van der Waals surface area contributed by atoms with Gasteiger partial charge in [0.25, 0.3) is 0 Å². The predicted molar refractivity (Wildman–Crippen MR) is 68.4 cm³/mol. The fourth-order valence-electron chi connectivity index (χ4n) is 1.68. The lowest BCUT2D eigenvalue weighted by atomic mass is 10.1. The van der Waals surface area contributed by atoms with Crippen LogP contribution in [0.3, 0.4) is 0 Å². The Morgan fingerprint density at radius 1 is 1.65 bits per heavy atom. The van der Waals surface area contributed by atoms with Crippen LogP contribution in [0.4, 0.5) is 0 Å². The highest BCUT2D eigenvalue weighted by molar-refractivity contribution is 7.10. The first-order valence-electron chi connectivity index (χ1n) is 5.67. The molecule has 96 valence electrons. The first-order chi connectivity index (χ1) is 8.17. The largest absolute Gasteiger partial charge is 0.481 e. The van der Waals surface area contributed by atoms with Crippen molar-refractivity contribution in [1.82, 2.24) is 5.32 Å². The van der Waals surface area contributed by atoms with E-state index in [1.54, 1.807) is 18.4 Å². The van der Waals surface area contributed by atoms with E-state index in [-0.39, 0.29) is 18.5 Å². The summed E-state index contributed by atoms with van der Waals surface area (Å²) in [5, 5.41) is 14.2. The molecule has 1 heterocycles. The molecule has 1 aromatic heterocycles. The third kappa shape index (κ3) is 4.85. The minimum absolute atomic E-state index is 0.0979. The molecule has 0 bridgehead atoms. The molecule has 0 fully saturated rings. The van der Waals surface area contributed by atoms with Crippen LogP contribution in [0.5, 0.6) is 0 Å². The normalized spacial score (nSPS) is 14.5. The topological polar surface area (TPSA) is 58.6 Å². The Morgan fingerprint density at radius 2 is 2.41 bits per heavy atom. The van der Waals surface area contributed by atoms with Gasteiger partial charge in [-0.3, -0.25) is 4.79 Å². The Bertz CT molecular complexity index is 327. The van der Waals surface area contributed by atoms with Crippen LogP contribution in [0, 0.1) is 0 Å². The van der Waals surface area contributed by atoms with Gasteiger partial charge in [-0.25, -0.2) is 0 Å². The van der Waals surface area contributed by atoms with Crippen molar-refractivity contribution < 1.29 is 14.6 Å². The third-order valence-corrected chi connectivity index (χ3v) is 3.55. The maximum atomic E-state index is 10.9. The lowest BCUT2D eigenvalue weighted by Gasteiger charge is -2.22. The second-order valence-corrected chi connectivity index (χ2v) is 4.87. The molecule has 5 heteroatoms. The summed E-state index contributed by atoms with van der Waals surface area (Å²) in [5.41, 5.74) is 0. The number of hydrogen-bond acceptors (Lipinski definition) is 4. The molecule has 2 unspecified atom stereocenters. The van der Waals surface area contributed by atoms with E-state index in [2.05, 4.69) is 12.2 Å². The summed E-state index contributed by atoms with van der Waals surface area (Å²) in [6, 6.07) is 3.96. The first-order valence-corrected chi connectivity index (χ1v) is 6.55. The highest BCUT2D eigenvalue weighted by atomic mass is 32.1.